The van der Waals surface area contributed by atoms with Crippen LogP contribution in [0.3, 0.4) is 0 Å². The minimum absolute atomic E-state index is 0.172. The highest BCUT2D eigenvalue weighted by atomic mass is 19.1. The van der Waals surface area contributed by atoms with Crippen LogP contribution >= 0.6 is 0 Å². The van der Waals surface area contributed by atoms with Crippen molar-refractivity contribution in [2.24, 2.45) is 0 Å². The topological polar surface area (TPSA) is 84.8 Å². The van der Waals surface area contributed by atoms with Crippen molar-refractivity contribution in [1.29, 1.82) is 0 Å². The Hall–Kier alpha value is -3.82. The summed E-state index contributed by atoms with van der Waals surface area (Å²) < 4.78 is 43.2. The molecule has 1 N–H and O–H groups in total. The van der Waals surface area contributed by atoms with Crippen molar-refractivity contribution in [3.05, 3.63) is 78.0 Å². The van der Waals surface area contributed by atoms with Crippen molar-refractivity contribution in [1.82, 2.24) is 15.2 Å². The van der Waals surface area contributed by atoms with Crippen LogP contribution in [0.2, 0.25) is 0 Å². The van der Waals surface area contributed by atoms with Gasteiger partial charge in [0.15, 0.2) is 11.2 Å². The van der Waals surface area contributed by atoms with Gasteiger partial charge in [-0.2, -0.15) is 0 Å². The molecule has 0 aliphatic carbocycles. The summed E-state index contributed by atoms with van der Waals surface area (Å²) in [5.41, 5.74) is 3.21. The third kappa shape index (κ3) is 4.92. The van der Waals surface area contributed by atoms with Crippen LogP contribution in [-0.2, 0) is 0 Å². The largest absolute Gasteiger partial charge is 0.491 e. The number of aromatic nitrogens is 2. The van der Waals surface area contributed by atoms with Gasteiger partial charge < -0.3 is 23.8 Å². The van der Waals surface area contributed by atoms with Crippen molar-refractivity contribution in [2.75, 3.05) is 26.2 Å². The normalized spacial score (nSPS) is 16.0. The molecule has 0 saturated carbocycles. The Morgan fingerprint density at radius 2 is 1.54 bits per heavy atom. The summed E-state index contributed by atoms with van der Waals surface area (Å²) >= 11 is 0. The highest BCUT2D eigenvalue weighted by molar-refractivity contribution is 5.91. The standard InChI is InChI=1S/C28H25F2N3O4/c29-19-3-7-23-25(13-19)36-31-27(23)17-1-5-22(6-2-17)35-16-21(34)15-33-11-9-18(10-12-33)28-24-8-4-20(30)14-26(24)37-32-28/h1-8,13-14,18,21,34H,9-12,15-16H2. The lowest BCUT2D eigenvalue weighted by molar-refractivity contribution is 0.0592. The van der Waals surface area contributed by atoms with E-state index < -0.39 is 6.10 Å². The number of likely N-dealkylation sites (tertiary alicyclic amines) is 1. The lowest BCUT2D eigenvalue weighted by atomic mass is 9.91. The number of halogens is 2. The first-order valence-electron chi connectivity index (χ1n) is 12.3. The second-order valence-electron chi connectivity index (χ2n) is 9.44. The Balaban J connectivity index is 1.000. The second kappa shape index (κ2) is 9.91. The Kier molecular flexibility index (Phi) is 6.31. The number of hydrogen-bond acceptors (Lipinski definition) is 7. The number of ether oxygens (including phenoxy) is 1. The van der Waals surface area contributed by atoms with Crippen molar-refractivity contribution < 1.29 is 27.7 Å². The zero-order valence-corrected chi connectivity index (χ0v) is 19.9. The van der Waals surface area contributed by atoms with E-state index in [9.17, 15) is 13.9 Å². The summed E-state index contributed by atoms with van der Waals surface area (Å²) in [6.45, 7) is 2.32. The van der Waals surface area contributed by atoms with Crippen LogP contribution in [0, 0.1) is 11.6 Å². The molecule has 3 aromatic carbocycles. The summed E-state index contributed by atoms with van der Waals surface area (Å²) in [6, 6.07) is 16.2. The van der Waals surface area contributed by atoms with E-state index in [0.29, 0.717) is 29.2 Å². The Morgan fingerprint density at radius 1 is 0.892 bits per heavy atom. The fourth-order valence-electron chi connectivity index (χ4n) is 4.99. The molecule has 0 radical (unpaired) electrons. The number of aliphatic hydroxyl groups is 1. The molecule has 37 heavy (non-hydrogen) atoms. The fourth-order valence-corrected chi connectivity index (χ4v) is 4.99. The number of aliphatic hydroxyl groups excluding tert-OH is 1. The van der Waals surface area contributed by atoms with E-state index in [2.05, 4.69) is 15.2 Å². The monoisotopic (exact) mass is 505 g/mol. The zero-order valence-electron chi connectivity index (χ0n) is 19.9. The third-order valence-electron chi connectivity index (χ3n) is 6.91. The minimum atomic E-state index is -0.638. The second-order valence-corrected chi connectivity index (χ2v) is 9.44. The summed E-state index contributed by atoms with van der Waals surface area (Å²) in [5, 5.41) is 20.4. The number of β-amino-alcohol motifs (C(OH)–C–C–N with tert-alkyl or cyclic N) is 1. The molecule has 9 heteroatoms. The van der Waals surface area contributed by atoms with E-state index in [1.165, 1.54) is 24.3 Å². The van der Waals surface area contributed by atoms with Gasteiger partial charge in [-0.3, -0.25) is 0 Å². The van der Waals surface area contributed by atoms with E-state index in [0.717, 1.165) is 48.0 Å². The molecule has 0 bridgehead atoms. The highest BCUT2D eigenvalue weighted by Crippen LogP contribution is 2.33. The van der Waals surface area contributed by atoms with Gasteiger partial charge in [-0.25, -0.2) is 8.78 Å². The molecule has 0 spiro atoms. The van der Waals surface area contributed by atoms with Gasteiger partial charge in [-0.1, -0.05) is 10.3 Å². The predicted octanol–water partition coefficient (Wildman–Crippen LogP) is 5.53. The summed E-state index contributed by atoms with van der Waals surface area (Å²) in [4.78, 5) is 2.22. The van der Waals surface area contributed by atoms with Gasteiger partial charge in [-0.15, -0.1) is 0 Å². The van der Waals surface area contributed by atoms with E-state index >= 15 is 0 Å². The Morgan fingerprint density at radius 3 is 2.27 bits per heavy atom. The molecule has 1 fully saturated rings. The lowest BCUT2D eigenvalue weighted by Gasteiger charge is -2.32. The number of nitrogens with zero attached hydrogens (tertiary/aromatic N) is 3. The maximum absolute atomic E-state index is 13.4. The molecule has 1 atom stereocenters. The first-order chi connectivity index (χ1) is 18.0. The lowest BCUT2D eigenvalue weighted by Crippen LogP contribution is -2.40. The van der Waals surface area contributed by atoms with Crippen molar-refractivity contribution >= 4 is 21.9 Å². The van der Waals surface area contributed by atoms with Crippen LogP contribution in [0.25, 0.3) is 33.2 Å². The van der Waals surface area contributed by atoms with Gasteiger partial charge in [0.05, 0.1) is 5.69 Å². The summed E-state index contributed by atoms with van der Waals surface area (Å²) in [6.07, 6.45) is 1.14. The maximum atomic E-state index is 13.4. The number of piperidine rings is 1. The van der Waals surface area contributed by atoms with Gasteiger partial charge >= 0.3 is 0 Å². The average Bonchev–Trinajstić information content (AvgIpc) is 3.52. The van der Waals surface area contributed by atoms with Crippen molar-refractivity contribution in [3.63, 3.8) is 0 Å². The maximum Gasteiger partial charge on any atom is 0.170 e. The van der Waals surface area contributed by atoms with Crippen LogP contribution < -0.4 is 4.74 Å². The van der Waals surface area contributed by atoms with E-state index in [1.807, 2.05) is 24.3 Å². The quantitative estimate of drug-likeness (QED) is 0.311. The SMILES string of the molecule is OC(COc1ccc(-c2noc3cc(F)ccc23)cc1)CN1CCC(c2noc3cc(F)ccc23)CC1. The molecule has 1 aliphatic rings. The minimum Gasteiger partial charge on any atom is -0.491 e. The molecule has 190 valence electrons. The van der Waals surface area contributed by atoms with Gasteiger partial charge in [0, 0.05) is 40.9 Å². The first-order valence-corrected chi connectivity index (χ1v) is 12.3. The van der Waals surface area contributed by atoms with Crippen LogP contribution in [0.4, 0.5) is 8.78 Å². The zero-order chi connectivity index (χ0) is 25.4. The molecule has 5 aromatic rings. The predicted molar refractivity (Wildman–Crippen MR) is 133 cm³/mol. The Bertz CT molecular complexity index is 1520. The van der Waals surface area contributed by atoms with Gasteiger partial charge in [0.2, 0.25) is 0 Å². The van der Waals surface area contributed by atoms with Crippen LogP contribution in [0.15, 0.2) is 69.7 Å². The summed E-state index contributed by atoms with van der Waals surface area (Å²) in [5.74, 6) is 0.173. The first kappa shape index (κ1) is 23.6. The highest BCUT2D eigenvalue weighted by Gasteiger charge is 2.26. The molecular weight excluding hydrogens is 480 g/mol. The molecule has 1 saturated heterocycles. The third-order valence-corrected chi connectivity index (χ3v) is 6.91. The molecular formula is C28H25F2N3O4. The average molecular weight is 506 g/mol. The molecule has 7 nitrogen and oxygen atoms in total. The summed E-state index contributed by atoms with van der Waals surface area (Å²) in [7, 11) is 0. The molecule has 2 aromatic heterocycles. The smallest absolute Gasteiger partial charge is 0.170 e. The van der Waals surface area contributed by atoms with Gasteiger partial charge in [0.1, 0.15) is 35.8 Å². The van der Waals surface area contributed by atoms with E-state index in [-0.39, 0.29) is 24.2 Å². The van der Waals surface area contributed by atoms with Crippen LogP contribution in [0.5, 0.6) is 5.75 Å². The number of benzene rings is 3. The van der Waals surface area contributed by atoms with Gasteiger partial charge in [0.25, 0.3) is 0 Å². The molecule has 1 unspecified atom stereocenters. The van der Waals surface area contributed by atoms with Crippen LogP contribution in [0.1, 0.15) is 24.5 Å². The Labute approximate surface area is 211 Å². The molecule has 0 amide bonds. The number of hydrogen-bond donors (Lipinski definition) is 1. The van der Waals surface area contributed by atoms with E-state index in [4.69, 9.17) is 13.8 Å². The van der Waals surface area contributed by atoms with E-state index in [1.54, 1.807) is 12.1 Å². The molecule has 3 heterocycles. The number of rotatable bonds is 7. The van der Waals surface area contributed by atoms with Gasteiger partial charge in [-0.05, 0) is 74.5 Å². The van der Waals surface area contributed by atoms with Crippen LogP contribution in [-0.4, -0.2) is 52.7 Å². The van der Waals surface area contributed by atoms with Crippen molar-refractivity contribution in [2.45, 2.75) is 24.9 Å². The number of fused-ring (bicyclic) bond motifs is 2. The molecule has 1 aliphatic heterocycles. The van der Waals surface area contributed by atoms with Crippen molar-refractivity contribution in [3.8, 4) is 17.0 Å². The fraction of sp³-hybridized carbons (Fsp3) is 0.286. The molecule has 6 rings (SSSR count).